The van der Waals surface area contributed by atoms with Crippen molar-refractivity contribution in [3.05, 3.63) is 53.7 Å². The maximum absolute atomic E-state index is 13.1. The number of likely N-dealkylation sites (tertiary alicyclic amines) is 1. The van der Waals surface area contributed by atoms with E-state index in [0.29, 0.717) is 24.5 Å². The number of carbonyl (C=O) groups excluding carboxylic acids is 2. The van der Waals surface area contributed by atoms with Crippen LogP contribution in [0.25, 0.3) is 0 Å². The molecule has 2 aromatic rings. The molecule has 0 unspecified atom stereocenters. The molecule has 3 N–H and O–H groups in total. The number of amides is 2. The fourth-order valence-corrected chi connectivity index (χ4v) is 3.86. The number of benzene rings is 1. The van der Waals surface area contributed by atoms with Gasteiger partial charge < -0.3 is 20.7 Å². The minimum Gasteiger partial charge on any atom is -0.383 e. The fourth-order valence-electron chi connectivity index (χ4n) is 3.86. The summed E-state index contributed by atoms with van der Waals surface area (Å²) >= 11 is 0. The Labute approximate surface area is 177 Å². The summed E-state index contributed by atoms with van der Waals surface area (Å²) in [5.41, 5.74) is 7.91. The molecule has 0 radical (unpaired) electrons. The second-order valence-electron chi connectivity index (χ2n) is 8.20. The van der Waals surface area contributed by atoms with E-state index in [4.69, 9.17) is 10.5 Å². The zero-order valence-electron chi connectivity index (χ0n) is 18.0. The molecule has 2 heterocycles. The minimum atomic E-state index is -0.683. The Hall–Kier alpha value is -2.93. The summed E-state index contributed by atoms with van der Waals surface area (Å²) < 4.78 is 6.11. The third-order valence-electron chi connectivity index (χ3n) is 5.41. The Morgan fingerprint density at radius 2 is 1.97 bits per heavy atom. The average molecular weight is 411 g/mol. The first-order valence-electron chi connectivity index (χ1n) is 10.3. The summed E-state index contributed by atoms with van der Waals surface area (Å²) in [4.78, 5) is 31.6. The third kappa shape index (κ3) is 4.97. The first-order chi connectivity index (χ1) is 14.3. The standard InChI is InChI=1S/C23H30N4O3/c1-14(2)30-20-11-19(17-8-6-5-7-9-17)27(13-16(20)4)23(29)22(28)26-18-10-15(3)21(24)25-12-18/h5-10,12,14,16,19-20H,11,13H2,1-4H3,(H2,24,25)(H,26,28)/t16-,19-,20+/m1/s1. The van der Waals surface area contributed by atoms with Crippen molar-refractivity contribution >= 4 is 23.3 Å². The van der Waals surface area contributed by atoms with Crippen molar-refractivity contribution in [2.45, 2.75) is 52.4 Å². The van der Waals surface area contributed by atoms with Crippen LogP contribution in [0.4, 0.5) is 11.5 Å². The van der Waals surface area contributed by atoms with Gasteiger partial charge in [-0.25, -0.2) is 4.98 Å². The van der Waals surface area contributed by atoms with E-state index < -0.39 is 11.8 Å². The highest BCUT2D eigenvalue weighted by atomic mass is 16.5. The Kier molecular flexibility index (Phi) is 6.72. The number of anilines is 2. The largest absolute Gasteiger partial charge is 0.383 e. The van der Waals surface area contributed by atoms with E-state index in [9.17, 15) is 9.59 Å². The van der Waals surface area contributed by atoms with Crippen LogP contribution >= 0.6 is 0 Å². The minimum absolute atomic E-state index is 0.0197. The van der Waals surface area contributed by atoms with Gasteiger partial charge >= 0.3 is 11.8 Å². The highest BCUT2D eigenvalue weighted by molar-refractivity contribution is 6.39. The Balaban J connectivity index is 1.82. The molecule has 3 rings (SSSR count). The van der Waals surface area contributed by atoms with E-state index in [1.54, 1.807) is 17.9 Å². The fraction of sp³-hybridized carbons (Fsp3) is 0.435. The molecule has 0 spiro atoms. The number of carbonyl (C=O) groups is 2. The molecule has 0 aliphatic carbocycles. The van der Waals surface area contributed by atoms with Crippen molar-refractivity contribution in [2.24, 2.45) is 5.92 Å². The first-order valence-corrected chi connectivity index (χ1v) is 10.3. The molecule has 0 saturated carbocycles. The van der Waals surface area contributed by atoms with Gasteiger partial charge in [-0.15, -0.1) is 0 Å². The summed E-state index contributed by atoms with van der Waals surface area (Å²) in [6, 6.07) is 11.3. The second-order valence-corrected chi connectivity index (χ2v) is 8.20. The van der Waals surface area contributed by atoms with Gasteiger partial charge in [0.25, 0.3) is 0 Å². The van der Waals surface area contributed by atoms with Crippen LogP contribution in [-0.4, -0.2) is 40.5 Å². The van der Waals surface area contributed by atoms with Crippen LogP contribution in [0.15, 0.2) is 42.6 Å². The topological polar surface area (TPSA) is 97.5 Å². The quantitative estimate of drug-likeness (QED) is 0.754. The van der Waals surface area contributed by atoms with Gasteiger partial charge in [-0.2, -0.15) is 0 Å². The predicted octanol–water partition coefficient (Wildman–Crippen LogP) is 3.31. The van der Waals surface area contributed by atoms with Crippen molar-refractivity contribution in [1.82, 2.24) is 9.88 Å². The van der Waals surface area contributed by atoms with E-state index in [2.05, 4.69) is 17.2 Å². The molecule has 7 heteroatoms. The number of rotatable bonds is 4. The summed E-state index contributed by atoms with van der Waals surface area (Å²) in [5.74, 6) is -0.737. The molecule has 1 fully saturated rings. The van der Waals surface area contributed by atoms with Crippen LogP contribution in [0, 0.1) is 12.8 Å². The molecule has 3 atom stereocenters. The highest BCUT2D eigenvalue weighted by Gasteiger charge is 2.39. The van der Waals surface area contributed by atoms with Gasteiger partial charge in [0.15, 0.2) is 0 Å². The summed E-state index contributed by atoms with van der Waals surface area (Å²) in [6.45, 7) is 8.32. The molecular formula is C23H30N4O3. The van der Waals surface area contributed by atoms with Gasteiger partial charge in [0.1, 0.15) is 5.82 Å². The first kappa shape index (κ1) is 21.8. The molecule has 2 amide bonds. The van der Waals surface area contributed by atoms with Crippen LogP contribution in [-0.2, 0) is 14.3 Å². The molecule has 0 bridgehead atoms. The number of nitrogens with two attached hydrogens (primary N) is 1. The van der Waals surface area contributed by atoms with Crippen molar-refractivity contribution in [3.8, 4) is 0 Å². The third-order valence-corrected chi connectivity index (χ3v) is 5.41. The maximum Gasteiger partial charge on any atom is 0.313 e. The van der Waals surface area contributed by atoms with Gasteiger partial charge in [-0.05, 0) is 44.4 Å². The number of hydrogen-bond acceptors (Lipinski definition) is 5. The van der Waals surface area contributed by atoms with Crippen molar-refractivity contribution in [1.29, 1.82) is 0 Å². The molecule has 7 nitrogen and oxygen atoms in total. The molecule has 1 aromatic carbocycles. The predicted molar refractivity (Wildman–Crippen MR) is 117 cm³/mol. The van der Waals surface area contributed by atoms with Crippen LogP contribution in [0.2, 0.25) is 0 Å². The Bertz CT molecular complexity index is 901. The zero-order valence-corrected chi connectivity index (χ0v) is 18.0. The SMILES string of the molecule is Cc1cc(NC(=O)C(=O)N2C[C@@H](C)[C@@H](OC(C)C)C[C@@H]2c2ccccc2)cnc1N. The number of ether oxygens (including phenoxy) is 1. The molecule has 1 saturated heterocycles. The van der Waals surface area contributed by atoms with Crippen molar-refractivity contribution in [3.63, 3.8) is 0 Å². The number of piperidine rings is 1. The van der Waals surface area contributed by atoms with Gasteiger partial charge in [0.05, 0.1) is 30.1 Å². The molecule has 1 aliphatic heterocycles. The zero-order chi connectivity index (χ0) is 21.8. The molecule has 160 valence electrons. The van der Waals surface area contributed by atoms with Gasteiger partial charge in [-0.3, -0.25) is 9.59 Å². The van der Waals surface area contributed by atoms with Crippen LogP contribution in [0.3, 0.4) is 0 Å². The lowest BCUT2D eigenvalue weighted by Gasteiger charge is -2.43. The van der Waals surface area contributed by atoms with Gasteiger partial charge in [0.2, 0.25) is 0 Å². The highest BCUT2D eigenvalue weighted by Crippen LogP contribution is 2.35. The van der Waals surface area contributed by atoms with Crippen LogP contribution < -0.4 is 11.1 Å². The van der Waals surface area contributed by atoms with E-state index in [1.807, 2.05) is 44.2 Å². The Morgan fingerprint density at radius 3 is 2.60 bits per heavy atom. The van der Waals surface area contributed by atoms with Crippen LogP contribution in [0.1, 0.15) is 44.4 Å². The number of nitrogens with zero attached hydrogens (tertiary/aromatic N) is 2. The van der Waals surface area contributed by atoms with Crippen molar-refractivity contribution in [2.75, 3.05) is 17.6 Å². The lowest BCUT2D eigenvalue weighted by atomic mass is 9.87. The van der Waals surface area contributed by atoms with E-state index >= 15 is 0 Å². The lowest BCUT2D eigenvalue weighted by Crippen LogP contribution is -2.51. The number of hydrogen-bond donors (Lipinski definition) is 2. The normalized spacial score (nSPS) is 21.5. The summed E-state index contributed by atoms with van der Waals surface area (Å²) in [5, 5.41) is 2.66. The number of nitrogens with one attached hydrogen (secondary N) is 1. The van der Waals surface area contributed by atoms with Gasteiger partial charge in [-0.1, -0.05) is 37.3 Å². The lowest BCUT2D eigenvalue weighted by molar-refractivity contribution is -0.151. The number of aromatic nitrogens is 1. The number of nitrogen functional groups attached to an aromatic ring is 1. The molecular weight excluding hydrogens is 380 g/mol. The summed E-state index contributed by atoms with van der Waals surface area (Å²) in [6.07, 6.45) is 2.21. The molecule has 1 aromatic heterocycles. The molecule has 30 heavy (non-hydrogen) atoms. The summed E-state index contributed by atoms with van der Waals surface area (Å²) in [7, 11) is 0. The maximum atomic E-state index is 13.1. The number of aryl methyl sites for hydroxylation is 1. The Morgan fingerprint density at radius 1 is 1.27 bits per heavy atom. The monoisotopic (exact) mass is 410 g/mol. The van der Waals surface area contributed by atoms with E-state index in [0.717, 1.165) is 11.1 Å². The number of pyridine rings is 1. The van der Waals surface area contributed by atoms with Crippen molar-refractivity contribution < 1.29 is 14.3 Å². The smallest absolute Gasteiger partial charge is 0.313 e. The van der Waals surface area contributed by atoms with E-state index in [-0.39, 0.29) is 24.2 Å². The van der Waals surface area contributed by atoms with Gasteiger partial charge in [0, 0.05) is 12.5 Å². The second kappa shape index (κ2) is 9.26. The molecule has 1 aliphatic rings. The van der Waals surface area contributed by atoms with E-state index in [1.165, 1.54) is 6.20 Å². The average Bonchev–Trinajstić information content (AvgIpc) is 2.71. The van der Waals surface area contributed by atoms with Crippen LogP contribution in [0.5, 0.6) is 0 Å².